The summed E-state index contributed by atoms with van der Waals surface area (Å²) in [5.41, 5.74) is 0. The van der Waals surface area contributed by atoms with Crippen molar-refractivity contribution in [2.24, 2.45) is 0 Å². The van der Waals surface area contributed by atoms with Crippen molar-refractivity contribution in [3.63, 3.8) is 0 Å². The van der Waals surface area contributed by atoms with Crippen molar-refractivity contribution in [3.8, 4) is 0 Å². The third-order valence-electron chi connectivity index (χ3n) is 10.7. The molecule has 6 heteroatoms. The van der Waals surface area contributed by atoms with Crippen LogP contribution in [0, 0.1) is 0 Å². The van der Waals surface area contributed by atoms with Crippen molar-refractivity contribution in [1.29, 1.82) is 0 Å². The van der Waals surface area contributed by atoms with Crippen LogP contribution >= 0.6 is 0 Å². The Morgan fingerprint density at radius 3 is 1.00 bits per heavy atom. The minimum absolute atomic E-state index is 0.0925. The Morgan fingerprint density at radius 1 is 0.333 bits per heavy atom. The van der Waals surface area contributed by atoms with Crippen LogP contribution < -0.4 is 0 Å². The first-order valence-corrected chi connectivity index (χ1v) is 26.5. The number of allylic oxidation sites excluding steroid dienone is 19. The molecule has 0 amide bonds. The molecule has 372 valence electrons. The maximum absolute atomic E-state index is 12.7. The van der Waals surface area contributed by atoms with E-state index in [-0.39, 0.29) is 31.6 Å². The summed E-state index contributed by atoms with van der Waals surface area (Å²) in [6.45, 7) is 6.27. The molecule has 0 aromatic carbocycles. The van der Waals surface area contributed by atoms with E-state index in [1.165, 1.54) is 70.6 Å². The highest BCUT2D eigenvalue weighted by atomic mass is 16.6. The summed E-state index contributed by atoms with van der Waals surface area (Å²) in [7, 11) is 0. The minimum Gasteiger partial charge on any atom is -0.462 e. The molecule has 0 aliphatic rings. The Bertz CT molecular complexity index is 1420. The minimum atomic E-state index is -0.834. The molecule has 0 aromatic rings. The Hall–Kier alpha value is -4.19. The van der Waals surface area contributed by atoms with Gasteiger partial charge in [-0.25, -0.2) is 0 Å². The highest BCUT2D eigenvalue weighted by Crippen LogP contribution is 2.14. The molecule has 0 fully saturated rings. The van der Waals surface area contributed by atoms with E-state index < -0.39 is 12.1 Å². The lowest BCUT2D eigenvalue weighted by Gasteiger charge is -2.18. The number of rotatable bonds is 46. The molecule has 0 saturated carbocycles. The first-order chi connectivity index (χ1) is 32.5. The summed E-state index contributed by atoms with van der Waals surface area (Å²) in [6.07, 6.45) is 73.7. The zero-order valence-corrected chi connectivity index (χ0v) is 42.4. The van der Waals surface area contributed by atoms with E-state index in [0.717, 1.165) is 109 Å². The first kappa shape index (κ1) is 61.8. The first-order valence-electron chi connectivity index (χ1n) is 26.5. The molecule has 0 aliphatic carbocycles. The van der Waals surface area contributed by atoms with E-state index in [0.29, 0.717) is 12.8 Å². The van der Waals surface area contributed by atoms with Crippen LogP contribution in [0.5, 0.6) is 0 Å². The fraction of sp³-hybridized carbons (Fsp3) is 0.617. The van der Waals surface area contributed by atoms with Gasteiger partial charge >= 0.3 is 17.9 Å². The van der Waals surface area contributed by atoms with Crippen LogP contribution in [-0.4, -0.2) is 37.2 Å². The molecule has 0 radical (unpaired) electrons. The Labute approximate surface area is 405 Å². The van der Waals surface area contributed by atoms with Gasteiger partial charge in [0.25, 0.3) is 0 Å². The zero-order valence-electron chi connectivity index (χ0n) is 42.4. The van der Waals surface area contributed by atoms with Crippen molar-refractivity contribution in [3.05, 3.63) is 122 Å². The molecule has 6 nitrogen and oxygen atoms in total. The van der Waals surface area contributed by atoms with E-state index in [1.807, 2.05) is 6.08 Å². The molecule has 1 unspecified atom stereocenters. The average Bonchev–Trinajstić information content (AvgIpc) is 3.31. The quantitative estimate of drug-likeness (QED) is 0.0262. The van der Waals surface area contributed by atoms with Crippen LogP contribution in [-0.2, 0) is 28.6 Å². The highest BCUT2D eigenvalue weighted by molar-refractivity contribution is 5.72. The van der Waals surface area contributed by atoms with Gasteiger partial charge < -0.3 is 14.2 Å². The number of carbonyl (C=O) groups excluding carboxylic acids is 3. The third-order valence-corrected chi connectivity index (χ3v) is 10.7. The van der Waals surface area contributed by atoms with Crippen LogP contribution in [0.15, 0.2) is 122 Å². The smallest absolute Gasteiger partial charge is 0.310 e. The second kappa shape index (κ2) is 53.4. The van der Waals surface area contributed by atoms with Gasteiger partial charge in [0.2, 0.25) is 0 Å². The third kappa shape index (κ3) is 50.8. The van der Waals surface area contributed by atoms with Gasteiger partial charge in [-0.1, -0.05) is 232 Å². The molecule has 0 bridgehead atoms. The molecule has 0 spiro atoms. The summed E-state index contributed by atoms with van der Waals surface area (Å²) >= 11 is 0. The maximum atomic E-state index is 12.7. The Balaban J connectivity index is 4.34. The SMILES string of the molecule is CC/C=C\C/C=C\C/C=C\C/C=C\C/C=C\CCCCCCCCCCCC(=O)OCC(COC(=O)CCCCCCCCCC)OC(=O)C/C=C\C/C=C\C/C=C\C/C=C\C/C=C\CC. The number of ether oxygens (including phenoxy) is 3. The maximum Gasteiger partial charge on any atom is 0.310 e. The molecule has 1 atom stereocenters. The number of esters is 3. The van der Waals surface area contributed by atoms with Gasteiger partial charge in [-0.2, -0.15) is 0 Å². The van der Waals surface area contributed by atoms with Crippen molar-refractivity contribution in [2.45, 2.75) is 226 Å². The molecule has 0 aliphatic heterocycles. The second-order valence-electron chi connectivity index (χ2n) is 17.0. The predicted molar refractivity (Wildman–Crippen MR) is 283 cm³/mol. The molecule has 66 heavy (non-hydrogen) atoms. The van der Waals surface area contributed by atoms with Crippen LogP contribution in [0.25, 0.3) is 0 Å². The largest absolute Gasteiger partial charge is 0.462 e. The van der Waals surface area contributed by atoms with Crippen LogP contribution in [0.3, 0.4) is 0 Å². The second-order valence-corrected chi connectivity index (χ2v) is 17.0. The lowest BCUT2D eigenvalue weighted by Crippen LogP contribution is -2.30. The Morgan fingerprint density at radius 2 is 0.636 bits per heavy atom. The fourth-order valence-corrected chi connectivity index (χ4v) is 6.84. The lowest BCUT2D eigenvalue weighted by molar-refractivity contribution is -0.166. The standard InChI is InChI=1S/C60H96O6/c1-4-7-10-13-16-19-21-23-25-26-27-28-29-30-31-32-33-34-36-37-39-41-44-47-50-53-59(62)65-56-57(55-64-58(61)52-49-46-43-18-15-12-9-6-3)66-60(63)54-51-48-45-42-40-38-35-24-22-20-17-14-11-8-5-2/h7-8,10-11,16-17,19-20,23-25,27-28,30-31,35,40,42,48,51,57H,4-6,9,12-15,18,21-22,26,29,32-34,36-39,41,43-47,49-50,52-56H2,1-3H3/b10-7-,11-8-,19-16-,20-17-,25-23-,28-27-,31-30-,35-24-,42-40-,51-48-. The summed E-state index contributed by atoms with van der Waals surface area (Å²) in [6, 6.07) is 0. The summed E-state index contributed by atoms with van der Waals surface area (Å²) in [5, 5.41) is 0. The van der Waals surface area contributed by atoms with E-state index in [4.69, 9.17) is 14.2 Å². The predicted octanol–water partition coefficient (Wildman–Crippen LogP) is 17.7. The van der Waals surface area contributed by atoms with Gasteiger partial charge in [-0.3, -0.25) is 14.4 Å². The topological polar surface area (TPSA) is 78.9 Å². The van der Waals surface area contributed by atoms with Crippen molar-refractivity contribution in [1.82, 2.24) is 0 Å². The highest BCUT2D eigenvalue weighted by Gasteiger charge is 2.19. The van der Waals surface area contributed by atoms with Gasteiger partial charge in [-0.05, 0) is 89.9 Å². The fourth-order valence-electron chi connectivity index (χ4n) is 6.84. The lowest BCUT2D eigenvalue weighted by atomic mass is 10.1. The molecule has 0 aromatic heterocycles. The van der Waals surface area contributed by atoms with Gasteiger partial charge in [0.1, 0.15) is 13.2 Å². The van der Waals surface area contributed by atoms with E-state index in [1.54, 1.807) is 6.08 Å². The molecule has 0 rings (SSSR count). The normalized spacial score (nSPS) is 13.1. The van der Waals surface area contributed by atoms with Gasteiger partial charge in [0.05, 0.1) is 6.42 Å². The van der Waals surface area contributed by atoms with E-state index >= 15 is 0 Å². The van der Waals surface area contributed by atoms with E-state index in [2.05, 4.69) is 130 Å². The van der Waals surface area contributed by atoms with Crippen LogP contribution in [0.4, 0.5) is 0 Å². The van der Waals surface area contributed by atoms with Gasteiger partial charge in [0.15, 0.2) is 6.10 Å². The molecular weight excluding hydrogens is 817 g/mol. The summed E-state index contributed by atoms with van der Waals surface area (Å²) in [4.78, 5) is 37.8. The van der Waals surface area contributed by atoms with Crippen LogP contribution in [0.1, 0.15) is 220 Å². The van der Waals surface area contributed by atoms with Crippen molar-refractivity contribution in [2.75, 3.05) is 13.2 Å². The number of carbonyl (C=O) groups is 3. The average molecular weight is 913 g/mol. The van der Waals surface area contributed by atoms with Crippen LogP contribution in [0.2, 0.25) is 0 Å². The van der Waals surface area contributed by atoms with Crippen molar-refractivity contribution >= 4 is 17.9 Å². The molecular formula is C60H96O6. The van der Waals surface area contributed by atoms with Gasteiger partial charge in [-0.15, -0.1) is 0 Å². The number of hydrogen-bond donors (Lipinski definition) is 0. The zero-order chi connectivity index (χ0) is 47.9. The molecule has 0 N–H and O–H groups in total. The monoisotopic (exact) mass is 913 g/mol. The van der Waals surface area contributed by atoms with Crippen molar-refractivity contribution < 1.29 is 28.6 Å². The van der Waals surface area contributed by atoms with E-state index in [9.17, 15) is 14.4 Å². The Kier molecular flexibility index (Phi) is 50.0. The summed E-state index contributed by atoms with van der Waals surface area (Å²) in [5.74, 6) is -1.07. The molecule has 0 heterocycles. The summed E-state index contributed by atoms with van der Waals surface area (Å²) < 4.78 is 16.6. The molecule has 0 saturated heterocycles. The van der Waals surface area contributed by atoms with Gasteiger partial charge in [0, 0.05) is 12.8 Å². The number of unbranched alkanes of at least 4 members (excludes halogenated alkanes) is 16. The number of hydrogen-bond acceptors (Lipinski definition) is 6.